The fourth-order valence-corrected chi connectivity index (χ4v) is 3.38. The van der Waals surface area contributed by atoms with E-state index < -0.39 is 17.6 Å². The van der Waals surface area contributed by atoms with Gasteiger partial charge in [-0.2, -0.15) is 13.2 Å². The van der Waals surface area contributed by atoms with Crippen molar-refractivity contribution in [2.75, 3.05) is 42.9 Å². The molecule has 4 nitrogen and oxygen atoms in total. The predicted octanol–water partition coefficient (Wildman–Crippen LogP) is 4.77. The number of hydrogen-bond donors (Lipinski definition) is 1. The molecule has 1 N–H and O–H groups in total. The number of rotatable bonds is 4. The Labute approximate surface area is 170 Å². The molecule has 0 spiro atoms. The van der Waals surface area contributed by atoms with Crippen LogP contribution in [0.2, 0.25) is 10.0 Å². The zero-order valence-electron chi connectivity index (χ0n) is 14.8. The summed E-state index contributed by atoms with van der Waals surface area (Å²) in [4.78, 5) is 16.4. The Morgan fingerprint density at radius 2 is 1.75 bits per heavy atom. The molecule has 2 aromatic rings. The lowest BCUT2D eigenvalue weighted by molar-refractivity contribution is -0.137. The van der Waals surface area contributed by atoms with Crippen molar-refractivity contribution >= 4 is 40.5 Å². The highest BCUT2D eigenvalue weighted by Crippen LogP contribution is 2.33. The Hall–Kier alpha value is -1.96. The fraction of sp³-hybridized carbons (Fsp3) is 0.316. The van der Waals surface area contributed by atoms with Gasteiger partial charge in [-0.05, 0) is 36.4 Å². The Morgan fingerprint density at radius 3 is 2.39 bits per heavy atom. The van der Waals surface area contributed by atoms with Crippen LogP contribution in [0.25, 0.3) is 0 Å². The van der Waals surface area contributed by atoms with Crippen LogP contribution in [0.5, 0.6) is 0 Å². The largest absolute Gasteiger partial charge is 0.416 e. The smallest absolute Gasteiger partial charge is 0.369 e. The first kappa shape index (κ1) is 20.8. The summed E-state index contributed by atoms with van der Waals surface area (Å²) >= 11 is 11.9. The average Bonchev–Trinajstić information content (AvgIpc) is 2.63. The minimum Gasteiger partial charge on any atom is -0.369 e. The minimum atomic E-state index is -4.50. The molecule has 0 atom stereocenters. The average molecular weight is 432 g/mol. The summed E-state index contributed by atoms with van der Waals surface area (Å²) in [5, 5.41) is 3.20. The Balaban J connectivity index is 1.55. The zero-order valence-corrected chi connectivity index (χ0v) is 16.3. The number of nitrogens with one attached hydrogen (secondary N) is 1. The molecule has 1 fully saturated rings. The molecule has 0 radical (unpaired) electrons. The lowest BCUT2D eigenvalue weighted by Crippen LogP contribution is -2.48. The molecule has 0 saturated carbocycles. The first-order chi connectivity index (χ1) is 13.2. The molecule has 0 bridgehead atoms. The molecule has 2 aromatic carbocycles. The van der Waals surface area contributed by atoms with Gasteiger partial charge < -0.3 is 10.2 Å². The SMILES string of the molecule is O=C(CN1CCN(c2cccc(Cl)c2)CC1)Nc1cc(C(F)(F)F)ccc1Cl. The quantitative estimate of drug-likeness (QED) is 0.756. The molecule has 0 aromatic heterocycles. The number of piperazine rings is 1. The lowest BCUT2D eigenvalue weighted by atomic mass is 10.2. The molecule has 1 aliphatic rings. The van der Waals surface area contributed by atoms with Crippen LogP contribution in [0.15, 0.2) is 42.5 Å². The van der Waals surface area contributed by atoms with E-state index in [1.54, 1.807) is 0 Å². The highest BCUT2D eigenvalue weighted by Gasteiger charge is 2.31. The summed E-state index contributed by atoms with van der Waals surface area (Å²) in [7, 11) is 0. The van der Waals surface area contributed by atoms with Crippen molar-refractivity contribution in [1.82, 2.24) is 4.90 Å². The number of halogens is 5. The molecular weight excluding hydrogens is 414 g/mol. The van der Waals surface area contributed by atoms with Crippen LogP contribution in [0, 0.1) is 0 Å². The molecule has 1 heterocycles. The summed E-state index contributed by atoms with van der Waals surface area (Å²) in [5.74, 6) is -0.405. The van der Waals surface area contributed by atoms with E-state index in [4.69, 9.17) is 23.2 Å². The van der Waals surface area contributed by atoms with Crippen LogP contribution in [-0.2, 0) is 11.0 Å². The third-order valence-electron chi connectivity index (χ3n) is 4.48. The second-order valence-corrected chi connectivity index (χ2v) is 7.33. The van der Waals surface area contributed by atoms with Gasteiger partial charge in [0.1, 0.15) is 0 Å². The number of hydrogen-bond acceptors (Lipinski definition) is 3. The van der Waals surface area contributed by atoms with Crippen molar-refractivity contribution in [2.24, 2.45) is 0 Å². The van der Waals surface area contributed by atoms with Crippen molar-refractivity contribution < 1.29 is 18.0 Å². The van der Waals surface area contributed by atoms with Crippen molar-refractivity contribution in [3.8, 4) is 0 Å². The monoisotopic (exact) mass is 431 g/mol. The molecule has 3 rings (SSSR count). The molecule has 1 amide bonds. The van der Waals surface area contributed by atoms with Gasteiger partial charge in [-0.15, -0.1) is 0 Å². The third kappa shape index (κ3) is 5.31. The normalized spacial score (nSPS) is 15.5. The van der Waals surface area contributed by atoms with E-state index in [0.29, 0.717) is 18.1 Å². The van der Waals surface area contributed by atoms with Crippen LogP contribution in [0.3, 0.4) is 0 Å². The number of alkyl halides is 3. The first-order valence-corrected chi connectivity index (χ1v) is 9.37. The maximum absolute atomic E-state index is 12.8. The number of benzene rings is 2. The Morgan fingerprint density at radius 1 is 1.04 bits per heavy atom. The molecule has 1 aliphatic heterocycles. The van der Waals surface area contributed by atoms with Crippen LogP contribution in [0.1, 0.15) is 5.56 Å². The summed E-state index contributed by atoms with van der Waals surface area (Å²) in [6.07, 6.45) is -4.50. The maximum Gasteiger partial charge on any atom is 0.416 e. The van der Waals surface area contributed by atoms with Crippen molar-refractivity contribution in [2.45, 2.75) is 6.18 Å². The van der Waals surface area contributed by atoms with Crippen LogP contribution in [-0.4, -0.2) is 43.5 Å². The van der Waals surface area contributed by atoms with Gasteiger partial charge in [0.25, 0.3) is 0 Å². The van der Waals surface area contributed by atoms with Gasteiger partial charge in [0.05, 0.1) is 22.8 Å². The van der Waals surface area contributed by atoms with Gasteiger partial charge in [-0.1, -0.05) is 29.3 Å². The molecule has 1 saturated heterocycles. The van der Waals surface area contributed by atoms with Crippen LogP contribution in [0.4, 0.5) is 24.5 Å². The van der Waals surface area contributed by atoms with Gasteiger partial charge in [0, 0.05) is 36.9 Å². The van der Waals surface area contributed by atoms with E-state index in [1.807, 2.05) is 29.2 Å². The van der Waals surface area contributed by atoms with Crippen LogP contribution < -0.4 is 10.2 Å². The van der Waals surface area contributed by atoms with E-state index >= 15 is 0 Å². The highest BCUT2D eigenvalue weighted by molar-refractivity contribution is 6.33. The van der Waals surface area contributed by atoms with E-state index in [1.165, 1.54) is 0 Å². The standard InChI is InChI=1S/C19H18Cl2F3N3O/c20-14-2-1-3-15(11-14)27-8-6-26(7-9-27)12-18(28)25-17-10-13(19(22,23)24)4-5-16(17)21/h1-5,10-11H,6-9,12H2,(H,25,28). The maximum atomic E-state index is 12.8. The van der Waals surface area contributed by atoms with Crippen LogP contribution >= 0.6 is 23.2 Å². The summed E-state index contributed by atoms with van der Waals surface area (Å²) < 4.78 is 38.5. The Kier molecular flexibility index (Phi) is 6.37. The molecule has 0 aliphatic carbocycles. The van der Waals surface area contributed by atoms with Gasteiger partial charge >= 0.3 is 6.18 Å². The first-order valence-electron chi connectivity index (χ1n) is 8.62. The third-order valence-corrected chi connectivity index (χ3v) is 5.05. The molecular formula is C19H18Cl2F3N3O. The second-order valence-electron chi connectivity index (χ2n) is 6.48. The number of carbonyl (C=O) groups is 1. The number of amides is 1. The van der Waals surface area contributed by atoms with E-state index in [2.05, 4.69) is 10.2 Å². The minimum absolute atomic E-state index is 0.0425. The number of nitrogens with zero attached hydrogens (tertiary/aromatic N) is 2. The van der Waals surface area contributed by atoms with Gasteiger partial charge in [0.2, 0.25) is 5.91 Å². The summed E-state index contributed by atoms with van der Waals surface area (Å²) in [6, 6.07) is 10.4. The van der Waals surface area contributed by atoms with Crippen molar-refractivity contribution in [1.29, 1.82) is 0 Å². The van der Waals surface area contributed by atoms with Gasteiger partial charge in [-0.3, -0.25) is 9.69 Å². The topological polar surface area (TPSA) is 35.6 Å². The van der Waals surface area contributed by atoms with Crippen molar-refractivity contribution in [3.63, 3.8) is 0 Å². The Bertz CT molecular complexity index is 853. The number of carbonyl (C=O) groups excluding carboxylic acids is 1. The highest BCUT2D eigenvalue weighted by atomic mass is 35.5. The molecule has 150 valence electrons. The lowest BCUT2D eigenvalue weighted by Gasteiger charge is -2.35. The van der Waals surface area contributed by atoms with Gasteiger partial charge in [-0.25, -0.2) is 0 Å². The molecule has 28 heavy (non-hydrogen) atoms. The van der Waals surface area contributed by atoms with E-state index in [9.17, 15) is 18.0 Å². The summed E-state index contributed by atoms with van der Waals surface area (Å²) in [6.45, 7) is 2.82. The summed E-state index contributed by atoms with van der Waals surface area (Å²) in [5.41, 5.74) is 0.119. The van der Waals surface area contributed by atoms with Crippen molar-refractivity contribution in [3.05, 3.63) is 58.1 Å². The number of anilines is 2. The molecule has 0 unspecified atom stereocenters. The fourth-order valence-electron chi connectivity index (χ4n) is 3.03. The van der Waals surface area contributed by atoms with Gasteiger partial charge in [0.15, 0.2) is 0 Å². The van der Waals surface area contributed by atoms with E-state index in [-0.39, 0.29) is 17.3 Å². The molecule has 9 heteroatoms. The zero-order chi connectivity index (χ0) is 20.3. The van der Waals surface area contributed by atoms with E-state index in [0.717, 1.165) is 37.0 Å². The second kappa shape index (κ2) is 8.59. The predicted molar refractivity (Wildman–Crippen MR) is 105 cm³/mol.